The number of alkyl halides is 1. The van der Waals surface area contributed by atoms with Crippen LogP contribution in [0.2, 0.25) is 0 Å². The summed E-state index contributed by atoms with van der Waals surface area (Å²) in [5.41, 5.74) is 1.86. The number of aliphatic hydroxyl groups excluding tert-OH is 1. The smallest absolute Gasteiger partial charge is 0.179 e. The molecule has 0 amide bonds. The van der Waals surface area contributed by atoms with Crippen molar-refractivity contribution in [1.82, 2.24) is 5.32 Å². The Hall–Kier alpha value is -1.40. The first-order valence-corrected chi connectivity index (χ1v) is 20.3. The van der Waals surface area contributed by atoms with E-state index >= 15 is 0 Å². The van der Waals surface area contributed by atoms with Crippen LogP contribution in [0.3, 0.4) is 0 Å². The second kappa shape index (κ2) is 16.6. The number of sulfone groups is 1. The molecule has 9 heteroatoms. The summed E-state index contributed by atoms with van der Waals surface area (Å²) in [6, 6.07) is 13.7. The molecule has 2 N–H and O–H groups in total. The van der Waals surface area contributed by atoms with Crippen molar-refractivity contribution in [3.8, 4) is 5.75 Å². The lowest BCUT2D eigenvalue weighted by molar-refractivity contribution is -0.927. The number of nitrogens with zero attached hydrogens (tertiary/aromatic N) is 2. The quantitative estimate of drug-likeness (QED) is 0.0893. The molecule has 7 nitrogen and oxygen atoms in total. The average molecular weight is 755 g/mol. The van der Waals surface area contributed by atoms with E-state index in [2.05, 4.69) is 41.8 Å². The molecule has 0 aromatic heterocycles. The first kappa shape index (κ1) is 36.4. The Morgan fingerprint density at radius 2 is 1.64 bits per heavy atom. The van der Waals surface area contributed by atoms with E-state index in [4.69, 9.17) is 4.74 Å². The molecule has 45 heavy (non-hydrogen) atoms. The second-order valence-corrected chi connectivity index (χ2v) is 16.7. The number of fused-ring (bicyclic) bond motifs is 1. The summed E-state index contributed by atoms with van der Waals surface area (Å²) in [6.07, 6.45) is 6.46. The molecule has 1 saturated heterocycles. The highest BCUT2D eigenvalue weighted by Crippen LogP contribution is 2.50. The van der Waals surface area contributed by atoms with Gasteiger partial charge >= 0.3 is 0 Å². The molecule has 1 fully saturated rings. The molecule has 252 valence electrons. The van der Waals surface area contributed by atoms with Gasteiger partial charge in [-0.15, -0.1) is 0 Å². The van der Waals surface area contributed by atoms with Gasteiger partial charge in [0.1, 0.15) is 5.75 Å². The van der Waals surface area contributed by atoms with E-state index in [9.17, 15) is 13.5 Å². The number of quaternary nitrogens is 1. The molecule has 0 radical (unpaired) electrons. The number of nitrogens with one attached hydrogen (secondary N) is 1. The third-order valence-electron chi connectivity index (χ3n) is 10.3. The summed E-state index contributed by atoms with van der Waals surface area (Å²) in [5, 5.41) is 15.9. The van der Waals surface area contributed by atoms with Crippen LogP contribution in [0.1, 0.15) is 82.3 Å². The molecule has 0 unspecified atom stereocenters. The number of rotatable bonds is 16. The van der Waals surface area contributed by atoms with Gasteiger partial charge in [-0.1, -0.05) is 74.3 Å². The van der Waals surface area contributed by atoms with Crippen LogP contribution < -0.4 is 15.0 Å². The molecule has 0 bridgehead atoms. The van der Waals surface area contributed by atoms with Gasteiger partial charge in [0.25, 0.3) is 0 Å². The second-order valence-electron chi connectivity index (χ2n) is 13.7. The zero-order chi connectivity index (χ0) is 32.5. The Labute approximate surface area is 286 Å². The fourth-order valence-electron chi connectivity index (χ4n) is 7.51. The van der Waals surface area contributed by atoms with Crippen molar-refractivity contribution < 1.29 is 22.7 Å². The van der Waals surface area contributed by atoms with Gasteiger partial charge in [-0.25, -0.2) is 8.42 Å². The number of hydrogen-bond donors (Lipinski definition) is 2. The maximum absolute atomic E-state index is 14.1. The van der Waals surface area contributed by atoms with E-state index in [-0.39, 0.29) is 5.75 Å². The first-order valence-electron chi connectivity index (χ1n) is 17.2. The molecule has 0 saturated carbocycles. The molecule has 4 rings (SSSR count). The summed E-state index contributed by atoms with van der Waals surface area (Å²) in [5.74, 6) is 0.358. The SMILES string of the molecule is CCCCC1(CCCC)CS(=O)(=O)c2ccc(N(C)C)cc2[C@@H](c2ccc(OCCCC[N+]3(CCI)CCNCC3)cc2)[C@H]1O. The number of benzene rings is 2. The van der Waals surface area contributed by atoms with Crippen LogP contribution in [-0.4, -0.2) is 94.3 Å². The van der Waals surface area contributed by atoms with Gasteiger partial charge in [0, 0.05) is 48.6 Å². The van der Waals surface area contributed by atoms with E-state index in [1.54, 1.807) is 6.07 Å². The highest BCUT2D eigenvalue weighted by molar-refractivity contribution is 14.1. The molecule has 0 spiro atoms. The van der Waals surface area contributed by atoms with Crippen molar-refractivity contribution >= 4 is 38.1 Å². The molecule has 2 aliphatic heterocycles. The summed E-state index contributed by atoms with van der Waals surface area (Å²) >= 11 is 2.51. The van der Waals surface area contributed by atoms with Crippen LogP contribution in [0, 0.1) is 5.41 Å². The molecule has 2 aromatic carbocycles. The minimum atomic E-state index is -3.61. The molecule has 2 heterocycles. The fraction of sp³-hybridized carbons (Fsp3) is 0.667. The summed E-state index contributed by atoms with van der Waals surface area (Å²) in [4.78, 5) is 2.35. The van der Waals surface area contributed by atoms with Gasteiger partial charge in [0.2, 0.25) is 0 Å². The third kappa shape index (κ3) is 8.95. The Morgan fingerprint density at radius 3 is 2.24 bits per heavy atom. The molecule has 2 atom stereocenters. The van der Waals surface area contributed by atoms with Gasteiger partial charge in [0.15, 0.2) is 9.84 Å². The van der Waals surface area contributed by atoms with Gasteiger partial charge in [-0.3, -0.25) is 0 Å². The van der Waals surface area contributed by atoms with Crippen molar-refractivity contribution in [3.63, 3.8) is 0 Å². The molecule has 2 aromatic rings. The Bertz CT molecular complexity index is 1300. The summed E-state index contributed by atoms with van der Waals surface area (Å²) < 4.78 is 36.8. The van der Waals surface area contributed by atoms with Crippen molar-refractivity contribution in [1.29, 1.82) is 0 Å². The Morgan fingerprint density at radius 1 is 0.978 bits per heavy atom. The van der Waals surface area contributed by atoms with Gasteiger partial charge < -0.3 is 24.5 Å². The van der Waals surface area contributed by atoms with Gasteiger partial charge in [-0.2, -0.15) is 0 Å². The van der Waals surface area contributed by atoms with Crippen molar-refractivity contribution in [2.45, 2.75) is 82.1 Å². The zero-order valence-electron chi connectivity index (χ0n) is 28.1. The maximum atomic E-state index is 14.1. The average Bonchev–Trinajstić information content (AvgIpc) is 3.10. The minimum absolute atomic E-state index is 0.0124. The maximum Gasteiger partial charge on any atom is 0.179 e. The van der Waals surface area contributed by atoms with Crippen molar-refractivity contribution in [3.05, 3.63) is 53.6 Å². The van der Waals surface area contributed by atoms with E-state index in [1.165, 1.54) is 35.1 Å². The summed E-state index contributed by atoms with van der Waals surface area (Å²) in [6.45, 7) is 12.1. The molecule has 2 aliphatic rings. The standard InChI is InChI=1S/C36H57IN3O4S/c1-5-7-17-36(18-8-6-2)28-45(42,43)33-16-13-30(39(3)4)27-32(33)34(35(36)41)29-11-14-31(15-12-29)44-26-10-9-22-40(23-19-37)24-20-38-21-25-40/h11-16,27,34-35,38,41H,5-10,17-26,28H2,1-4H3/q+1/t34-,35-/m1/s1. The number of piperazine rings is 1. The lowest BCUT2D eigenvalue weighted by atomic mass is 9.68. The highest BCUT2D eigenvalue weighted by atomic mass is 127. The predicted octanol–water partition coefficient (Wildman–Crippen LogP) is 6.41. The largest absolute Gasteiger partial charge is 0.494 e. The van der Waals surface area contributed by atoms with Crippen molar-refractivity contribution in [2.75, 3.05) is 75.1 Å². The van der Waals surface area contributed by atoms with E-state index < -0.39 is 27.3 Å². The molecule has 0 aliphatic carbocycles. The Balaban J connectivity index is 1.58. The van der Waals surface area contributed by atoms with E-state index in [0.29, 0.717) is 29.9 Å². The third-order valence-corrected chi connectivity index (χ3v) is 12.8. The topological polar surface area (TPSA) is 78.9 Å². The fourth-order valence-corrected chi connectivity index (χ4v) is 10.7. The number of anilines is 1. The number of halogens is 1. The van der Waals surface area contributed by atoms with Gasteiger partial charge in [-0.05, 0) is 67.1 Å². The lowest BCUT2D eigenvalue weighted by Crippen LogP contribution is -2.59. The van der Waals surface area contributed by atoms with Crippen LogP contribution in [0.4, 0.5) is 5.69 Å². The van der Waals surface area contributed by atoms with Crippen LogP contribution in [0.5, 0.6) is 5.75 Å². The zero-order valence-corrected chi connectivity index (χ0v) is 31.0. The summed E-state index contributed by atoms with van der Waals surface area (Å²) in [7, 11) is 0.315. The van der Waals surface area contributed by atoms with Crippen LogP contribution >= 0.6 is 22.6 Å². The van der Waals surface area contributed by atoms with Crippen LogP contribution in [0.15, 0.2) is 47.4 Å². The van der Waals surface area contributed by atoms with Crippen LogP contribution in [-0.2, 0) is 9.84 Å². The number of aliphatic hydroxyl groups is 1. The highest BCUT2D eigenvalue weighted by Gasteiger charge is 2.49. The molecular weight excluding hydrogens is 697 g/mol. The monoisotopic (exact) mass is 754 g/mol. The van der Waals surface area contributed by atoms with Crippen molar-refractivity contribution in [2.24, 2.45) is 5.41 Å². The van der Waals surface area contributed by atoms with Gasteiger partial charge in [0.05, 0.1) is 49.5 Å². The number of hydrogen-bond acceptors (Lipinski definition) is 6. The molecular formula is C36H57IN3O4S+. The van der Waals surface area contributed by atoms with E-state index in [0.717, 1.165) is 68.6 Å². The van der Waals surface area contributed by atoms with E-state index in [1.807, 2.05) is 55.4 Å². The first-order chi connectivity index (χ1) is 21.6. The number of unbranched alkanes of at least 4 members (excludes halogenated alkanes) is 3. The Kier molecular flexibility index (Phi) is 13.5. The minimum Gasteiger partial charge on any atom is -0.494 e. The van der Waals surface area contributed by atoms with Crippen LogP contribution in [0.25, 0.3) is 0 Å². The predicted molar refractivity (Wildman–Crippen MR) is 195 cm³/mol. The lowest BCUT2D eigenvalue weighted by Gasteiger charge is -2.41. The number of ether oxygens (including phenoxy) is 1. The normalized spacial score (nSPS) is 21.9.